The minimum absolute atomic E-state index is 0.00511. The van der Waals surface area contributed by atoms with Crippen LogP contribution < -0.4 is 14.5 Å². The van der Waals surface area contributed by atoms with Gasteiger partial charge in [0.15, 0.2) is 0 Å². The second-order valence-electron chi connectivity index (χ2n) is 7.18. The van der Waals surface area contributed by atoms with Gasteiger partial charge in [-0.2, -0.15) is 0 Å². The van der Waals surface area contributed by atoms with Crippen molar-refractivity contribution in [2.75, 3.05) is 29.9 Å². The molecule has 1 saturated heterocycles. The van der Waals surface area contributed by atoms with Gasteiger partial charge in [0.05, 0.1) is 11.3 Å². The number of amides is 2. The number of carbonyl (C=O) groups excluding carboxylic acids is 2. The van der Waals surface area contributed by atoms with Crippen LogP contribution in [0.15, 0.2) is 53.4 Å². The largest absolute Gasteiger partial charge is 0.315 e. The van der Waals surface area contributed by atoms with Gasteiger partial charge in [-0.1, -0.05) is 18.2 Å². The van der Waals surface area contributed by atoms with Crippen LogP contribution in [-0.2, 0) is 26.0 Å². The summed E-state index contributed by atoms with van der Waals surface area (Å²) in [7, 11) is -2.04. The molecule has 146 valence electrons. The van der Waals surface area contributed by atoms with Gasteiger partial charge in [-0.15, -0.1) is 0 Å². The van der Waals surface area contributed by atoms with Crippen LogP contribution in [0.4, 0.5) is 11.4 Å². The molecule has 7 nitrogen and oxygen atoms in total. The Kier molecular flexibility index (Phi) is 4.68. The molecule has 1 atom stereocenters. The first-order valence-electron chi connectivity index (χ1n) is 9.10. The Balaban J connectivity index is 1.43. The summed E-state index contributed by atoms with van der Waals surface area (Å²) in [5.41, 5.74) is 2.27. The van der Waals surface area contributed by atoms with E-state index in [9.17, 15) is 18.0 Å². The van der Waals surface area contributed by atoms with Gasteiger partial charge in [0.25, 0.3) is 0 Å². The molecule has 0 aliphatic carbocycles. The Bertz CT molecular complexity index is 1040. The van der Waals surface area contributed by atoms with Crippen molar-refractivity contribution >= 4 is 33.2 Å². The second kappa shape index (κ2) is 7.03. The highest BCUT2D eigenvalue weighted by atomic mass is 32.2. The summed E-state index contributed by atoms with van der Waals surface area (Å²) >= 11 is 0. The van der Waals surface area contributed by atoms with E-state index in [2.05, 4.69) is 4.72 Å². The zero-order valence-corrected chi connectivity index (χ0v) is 16.3. The van der Waals surface area contributed by atoms with Gasteiger partial charge in [-0.3, -0.25) is 9.59 Å². The Morgan fingerprint density at radius 2 is 1.82 bits per heavy atom. The zero-order valence-electron chi connectivity index (χ0n) is 15.5. The maximum absolute atomic E-state index is 12.7. The highest BCUT2D eigenvalue weighted by molar-refractivity contribution is 7.89. The number of para-hydroxylation sites is 1. The first-order valence-corrected chi connectivity index (χ1v) is 10.6. The van der Waals surface area contributed by atoms with E-state index in [0.717, 1.165) is 11.4 Å². The van der Waals surface area contributed by atoms with E-state index in [1.165, 1.54) is 11.0 Å². The summed E-state index contributed by atoms with van der Waals surface area (Å²) in [4.78, 5) is 27.4. The Morgan fingerprint density at radius 1 is 1.07 bits per heavy atom. The molecule has 2 heterocycles. The zero-order chi connectivity index (χ0) is 19.9. The van der Waals surface area contributed by atoms with Crippen LogP contribution in [0.25, 0.3) is 0 Å². The molecule has 0 aromatic heterocycles. The van der Waals surface area contributed by atoms with Gasteiger partial charge in [0.2, 0.25) is 21.8 Å². The molecule has 2 aromatic carbocycles. The average Bonchev–Trinajstić information content (AvgIpc) is 3.20. The predicted octanol–water partition coefficient (Wildman–Crippen LogP) is 1.54. The molecule has 2 aliphatic rings. The van der Waals surface area contributed by atoms with Gasteiger partial charge in [0.1, 0.15) is 0 Å². The number of sulfonamides is 1. The van der Waals surface area contributed by atoms with E-state index in [1.54, 1.807) is 24.1 Å². The summed E-state index contributed by atoms with van der Waals surface area (Å²) in [5, 5.41) is 0. The summed E-state index contributed by atoms with van der Waals surface area (Å²) in [6, 6.07) is 14.1. The lowest BCUT2D eigenvalue weighted by Gasteiger charge is -2.17. The Labute approximate surface area is 164 Å². The number of rotatable bonds is 5. The van der Waals surface area contributed by atoms with Gasteiger partial charge in [0, 0.05) is 37.9 Å². The molecule has 8 heteroatoms. The summed E-state index contributed by atoms with van der Waals surface area (Å²) in [5.74, 6) is -0.151. The first-order chi connectivity index (χ1) is 13.3. The molecule has 28 heavy (non-hydrogen) atoms. The molecule has 2 aromatic rings. The van der Waals surface area contributed by atoms with Crippen LogP contribution >= 0.6 is 0 Å². The second-order valence-corrected chi connectivity index (χ2v) is 8.95. The van der Waals surface area contributed by atoms with Crippen molar-refractivity contribution in [2.45, 2.75) is 17.7 Å². The topological polar surface area (TPSA) is 86.8 Å². The van der Waals surface area contributed by atoms with Crippen molar-refractivity contribution in [3.63, 3.8) is 0 Å². The van der Waals surface area contributed by atoms with Gasteiger partial charge < -0.3 is 9.80 Å². The number of benzene rings is 2. The Hall–Kier alpha value is -2.71. The molecule has 1 N–H and O–H groups in total. The lowest BCUT2D eigenvalue weighted by molar-refractivity contribution is -0.118. The van der Waals surface area contributed by atoms with Crippen LogP contribution in [0, 0.1) is 5.92 Å². The van der Waals surface area contributed by atoms with Crippen LogP contribution in [0.2, 0.25) is 0 Å². The molecule has 0 saturated carbocycles. The normalized spacial score (nSPS) is 19.4. The number of anilines is 2. The van der Waals surface area contributed by atoms with Crippen LogP contribution in [0.3, 0.4) is 0 Å². The molecule has 0 spiro atoms. The molecule has 2 amide bonds. The minimum Gasteiger partial charge on any atom is -0.315 e. The smallest absolute Gasteiger partial charge is 0.240 e. The number of carbonyl (C=O) groups is 2. The highest BCUT2D eigenvalue weighted by Crippen LogP contribution is 2.30. The highest BCUT2D eigenvalue weighted by Gasteiger charge is 2.32. The van der Waals surface area contributed by atoms with Crippen molar-refractivity contribution < 1.29 is 18.0 Å². The third-order valence-corrected chi connectivity index (χ3v) is 6.69. The molecular formula is C20H21N3O4S. The van der Waals surface area contributed by atoms with E-state index in [1.807, 2.05) is 30.3 Å². The minimum atomic E-state index is -3.71. The lowest BCUT2D eigenvalue weighted by Crippen LogP contribution is -2.31. The molecule has 1 fully saturated rings. The number of nitrogens with zero attached hydrogens (tertiary/aromatic N) is 2. The summed E-state index contributed by atoms with van der Waals surface area (Å²) in [6.07, 6.45) is 0.513. The van der Waals surface area contributed by atoms with Crippen molar-refractivity contribution in [3.8, 4) is 0 Å². The molecule has 2 aliphatic heterocycles. The molecular weight excluding hydrogens is 378 g/mol. The fourth-order valence-corrected chi connectivity index (χ4v) is 4.87. The maximum Gasteiger partial charge on any atom is 0.240 e. The van der Waals surface area contributed by atoms with Gasteiger partial charge >= 0.3 is 0 Å². The third kappa shape index (κ3) is 3.41. The van der Waals surface area contributed by atoms with E-state index in [4.69, 9.17) is 0 Å². The number of hydrogen-bond donors (Lipinski definition) is 1. The summed E-state index contributed by atoms with van der Waals surface area (Å²) < 4.78 is 28.0. The van der Waals surface area contributed by atoms with Crippen molar-refractivity contribution in [1.29, 1.82) is 0 Å². The quantitative estimate of drug-likeness (QED) is 0.826. The van der Waals surface area contributed by atoms with Crippen molar-refractivity contribution in [3.05, 3.63) is 54.1 Å². The van der Waals surface area contributed by atoms with Crippen LogP contribution in [-0.4, -0.2) is 40.4 Å². The third-order valence-electron chi connectivity index (χ3n) is 5.27. The first kappa shape index (κ1) is 18.6. The SMILES string of the molecule is CN1C(=O)Cc2cc(S(=O)(=O)NCC3CC(=O)N(c4ccccc4)C3)ccc21. The molecule has 0 radical (unpaired) electrons. The fourth-order valence-electron chi connectivity index (χ4n) is 3.70. The summed E-state index contributed by atoms with van der Waals surface area (Å²) in [6.45, 7) is 0.669. The van der Waals surface area contributed by atoms with Crippen molar-refractivity contribution in [1.82, 2.24) is 4.72 Å². The van der Waals surface area contributed by atoms with E-state index >= 15 is 0 Å². The molecule has 0 bridgehead atoms. The average molecular weight is 399 g/mol. The lowest BCUT2D eigenvalue weighted by atomic mass is 10.1. The van der Waals surface area contributed by atoms with Crippen LogP contribution in [0.5, 0.6) is 0 Å². The number of hydrogen-bond acceptors (Lipinski definition) is 4. The molecule has 1 unspecified atom stereocenters. The predicted molar refractivity (Wildman–Crippen MR) is 106 cm³/mol. The fraction of sp³-hybridized carbons (Fsp3) is 0.300. The standard InChI is InChI=1S/C20H21N3O4S/c1-22-18-8-7-17(10-15(18)11-19(22)24)28(26,27)21-12-14-9-20(25)23(13-14)16-5-3-2-4-6-16/h2-8,10,14,21H,9,11-13H2,1H3. The monoisotopic (exact) mass is 399 g/mol. The molecule has 4 rings (SSSR count). The Morgan fingerprint density at radius 3 is 2.57 bits per heavy atom. The van der Waals surface area contributed by atoms with E-state index < -0.39 is 10.0 Å². The van der Waals surface area contributed by atoms with Gasteiger partial charge in [-0.25, -0.2) is 13.1 Å². The van der Waals surface area contributed by atoms with Crippen molar-refractivity contribution in [2.24, 2.45) is 5.92 Å². The van der Waals surface area contributed by atoms with Crippen LogP contribution in [0.1, 0.15) is 12.0 Å². The number of fused-ring (bicyclic) bond motifs is 1. The number of nitrogens with one attached hydrogen (secondary N) is 1. The van der Waals surface area contributed by atoms with E-state index in [0.29, 0.717) is 18.5 Å². The van der Waals surface area contributed by atoms with E-state index in [-0.39, 0.29) is 35.6 Å². The number of likely N-dealkylation sites (N-methyl/N-ethyl adjacent to an activating group) is 1. The van der Waals surface area contributed by atoms with Gasteiger partial charge in [-0.05, 0) is 41.8 Å². The maximum atomic E-state index is 12.7.